The molecule has 0 atom stereocenters. The molecule has 1 aromatic heterocycles. The molecule has 6 heteroatoms. The van der Waals surface area contributed by atoms with E-state index in [-0.39, 0.29) is 11.4 Å². The quantitative estimate of drug-likeness (QED) is 0.402. The average Bonchev–Trinajstić information content (AvgIpc) is 2.77. The van der Waals surface area contributed by atoms with Gasteiger partial charge < -0.3 is 10.0 Å². The first kappa shape index (κ1) is 19.5. The summed E-state index contributed by atoms with van der Waals surface area (Å²) in [5.74, 6) is -1.29. The fourth-order valence-corrected chi connectivity index (χ4v) is 4.33. The van der Waals surface area contributed by atoms with Gasteiger partial charge in [-0.2, -0.15) is 0 Å². The van der Waals surface area contributed by atoms with Gasteiger partial charge >= 0.3 is 5.97 Å². The van der Waals surface area contributed by atoms with Crippen LogP contribution in [-0.4, -0.2) is 22.6 Å². The van der Waals surface area contributed by atoms with Gasteiger partial charge in [0.1, 0.15) is 5.82 Å². The molecule has 3 aromatic carbocycles. The van der Waals surface area contributed by atoms with Crippen molar-refractivity contribution in [1.82, 2.24) is 4.98 Å². The molecule has 0 saturated heterocycles. The van der Waals surface area contributed by atoms with E-state index in [1.54, 1.807) is 30.3 Å². The maximum atomic E-state index is 13.6. The number of carboxylic acids is 1. The first-order chi connectivity index (χ1) is 15.0. The van der Waals surface area contributed by atoms with Crippen LogP contribution in [0.25, 0.3) is 22.2 Å². The molecule has 0 aliphatic carbocycles. The Labute approximate surface area is 183 Å². The van der Waals surface area contributed by atoms with Gasteiger partial charge in [0.05, 0.1) is 22.5 Å². The van der Waals surface area contributed by atoms with Gasteiger partial charge in [-0.05, 0) is 85.1 Å². The second-order valence-electron chi connectivity index (χ2n) is 7.60. The fraction of sp³-hybridized carbons (Fsp3) is 0.120. The van der Waals surface area contributed by atoms with Crippen LogP contribution in [0.2, 0.25) is 5.02 Å². The van der Waals surface area contributed by atoms with Gasteiger partial charge in [-0.25, -0.2) is 14.2 Å². The summed E-state index contributed by atoms with van der Waals surface area (Å²) < 4.78 is 13.6. The zero-order valence-electron chi connectivity index (χ0n) is 16.5. The van der Waals surface area contributed by atoms with Crippen LogP contribution in [-0.2, 0) is 6.42 Å². The molecule has 0 saturated carbocycles. The SMILES string of the molecule is O=C(O)c1ccc2nc(-c3ccc(F)cc3)c(N3CCCc4cc(Cl)ccc43)cc2c1. The number of aryl methyl sites for hydroxylation is 1. The fourth-order valence-electron chi connectivity index (χ4n) is 4.14. The Morgan fingerprint density at radius 2 is 1.81 bits per heavy atom. The monoisotopic (exact) mass is 432 g/mol. The standard InChI is InChI=1S/C25H18ClFN2O2/c26-19-6-10-22-16(13-19)2-1-11-29(22)23-14-18-12-17(25(30)31)5-9-21(18)28-24(23)15-3-7-20(27)8-4-15/h3-10,12-14H,1-2,11H2,(H,30,31). The summed E-state index contributed by atoms with van der Waals surface area (Å²) in [5, 5.41) is 10.8. The summed E-state index contributed by atoms with van der Waals surface area (Å²) in [4.78, 5) is 18.5. The van der Waals surface area contributed by atoms with Crippen LogP contribution < -0.4 is 4.90 Å². The minimum absolute atomic E-state index is 0.209. The molecular weight excluding hydrogens is 415 g/mol. The van der Waals surface area contributed by atoms with E-state index in [1.165, 1.54) is 12.1 Å². The lowest BCUT2D eigenvalue weighted by molar-refractivity contribution is 0.0697. The molecule has 1 N–H and O–H groups in total. The molecule has 0 bridgehead atoms. The lowest BCUT2D eigenvalue weighted by Gasteiger charge is -2.33. The van der Waals surface area contributed by atoms with Gasteiger partial charge in [0.15, 0.2) is 0 Å². The Hall–Kier alpha value is -3.44. The normalized spacial score (nSPS) is 13.3. The van der Waals surface area contributed by atoms with Crippen molar-refractivity contribution in [2.45, 2.75) is 12.8 Å². The van der Waals surface area contributed by atoms with Crippen LogP contribution in [0.15, 0.2) is 66.7 Å². The number of halogens is 2. The summed E-state index contributed by atoms with van der Waals surface area (Å²) in [6.45, 7) is 0.786. The van der Waals surface area contributed by atoms with E-state index < -0.39 is 5.97 Å². The van der Waals surface area contributed by atoms with Crippen LogP contribution >= 0.6 is 11.6 Å². The largest absolute Gasteiger partial charge is 0.478 e. The maximum Gasteiger partial charge on any atom is 0.335 e. The molecule has 0 fully saturated rings. The van der Waals surface area contributed by atoms with Crippen molar-refractivity contribution < 1.29 is 14.3 Å². The molecule has 0 amide bonds. The summed E-state index contributed by atoms with van der Waals surface area (Å²) in [6.07, 6.45) is 1.88. The number of aromatic nitrogens is 1. The second kappa shape index (κ2) is 7.67. The third kappa shape index (κ3) is 3.62. The number of nitrogens with zero attached hydrogens (tertiary/aromatic N) is 2. The smallest absolute Gasteiger partial charge is 0.335 e. The molecule has 4 aromatic rings. The third-order valence-corrected chi connectivity index (χ3v) is 5.85. The molecule has 4 nitrogen and oxygen atoms in total. The Kier molecular flexibility index (Phi) is 4.83. The topological polar surface area (TPSA) is 53.4 Å². The molecule has 154 valence electrons. The summed E-state index contributed by atoms with van der Waals surface area (Å²) in [5.41, 5.74) is 5.46. The Morgan fingerprint density at radius 1 is 1.00 bits per heavy atom. The zero-order valence-corrected chi connectivity index (χ0v) is 17.2. The number of hydrogen-bond donors (Lipinski definition) is 1. The minimum atomic E-state index is -0.982. The predicted octanol–water partition coefficient (Wildman–Crippen LogP) is 6.48. The minimum Gasteiger partial charge on any atom is -0.478 e. The number of carboxylic acid groups (broad SMARTS) is 1. The van der Waals surface area contributed by atoms with E-state index in [9.17, 15) is 14.3 Å². The van der Waals surface area contributed by atoms with E-state index in [0.717, 1.165) is 53.0 Å². The van der Waals surface area contributed by atoms with E-state index in [0.29, 0.717) is 10.5 Å². The number of rotatable bonds is 3. The summed E-state index contributed by atoms with van der Waals surface area (Å²) in [7, 11) is 0. The molecule has 0 unspecified atom stereocenters. The van der Waals surface area contributed by atoms with Gasteiger partial charge in [-0.15, -0.1) is 0 Å². The number of fused-ring (bicyclic) bond motifs is 2. The molecule has 31 heavy (non-hydrogen) atoms. The van der Waals surface area contributed by atoms with Gasteiger partial charge in [0.2, 0.25) is 0 Å². The molecule has 5 rings (SSSR count). The first-order valence-electron chi connectivity index (χ1n) is 9.99. The number of carbonyl (C=O) groups is 1. The maximum absolute atomic E-state index is 13.6. The van der Waals surface area contributed by atoms with Crippen molar-refractivity contribution in [2.75, 3.05) is 11.4 Å². The highest BCUT2D eigenvalue weighted by Crippen LogP contribution is 2.40. The zero-order chi connectivity index (χ0) is 21.5. The highest BCUT2D eigenvalue weighted by atomic mass is 35.5. The second-order valence-corrected chi connectivity index (χ2v) is 8.04. The van der Waals surface area contributed by atoms with Crippen molar-refractivity contribution in [2.24, 2.45) is 0 Å². The van der Waals surface area contributed by atoms with Crippen molar-refractivity contribution >= 4 is 39.8 Å². The van der Waals surface area contributed by atoms with Crippen LogP contribution in [0.5, 0.6) is 0 Å². The predicted molar refractivity (Wildman–Crippen MR) is 121 cm³/mol. The van der Waals surface area contributed by atoms with E-state index in [1.807, 2.05) is 24.3 Å². The van der Waals surface area contributed by atoms with Crippen LogP contribution in [0.3, 0.4) is 0 Å². The number of anilines is 2. The Bertz CT molecular complexity index is 1320. The van der Waals surface area contributed by atoms with Gasteiger partial charge in [0.25, 0.3) is 0 Å². The molecule has 0 radical (unpaired) electrons. The summed E-state index contributed by atoms with van der Waals surface area (Å²) in [6, 6.07) is 19.0. The van der Waals surface area contributed by atoms with Crippen molar-refractivity contribution in [1.29, 1.82) is 0 Å². The van der Waals surface area contributed by atoms with Gasteiger partial charge in [-0.3, -0.25) is 0 Å². The number of hydrogen-bond acceptors (Lipinski definition) is 3. The van der Waals surface area contributed by atoms with E-state index in [4.69, 9.17) is 16.6 Å². The molecular formula is C25H18ClFN2O2. The molecule has 2 heterocycles. The first-order valence-corrected chi connectivity index (χ1v) is 10.4. The highest BCUT2D eigenvalue weighted by molar-refractivity contribution is 6.30. The number of aromatic carboxylic acids is 1. The number of benzene rings is 3. The number of pyridine rings is 1. The van der Waals surface area contributed by atoms with Crippen LogP contribution in [0.4, 0.5) is 15.8 Å². The Balaban J connectivity index is 1.76. The lowest BCUT2D eigenvalue weighted by atomic mass is 9.99. The van der Waals surface area contributed by atoms with Gasteiger partial charge in [-0.1, -0.05) is 11.6 Å². The van der Waals surface area contributed by atoms with Crippen molar-refractivity contribution in [3.8, 4) is 11.3 Å². The third-order valence-electron chi connectivity index (χ3n) is 5.61. The average molecular weight is 433 g/mol. The Morgan fingerprint density at radius 3 is 2.58 bits per heavy atom. The van der Waals surface area contributed by atoms with E-state index >= 15 is 0 Å². The van der Waals surface area contributed by atoms with E-state index in [2.05, 4.69) is 4.90 Å². The summed E-state index contributed by atoms with van der Waals surface area (Å²) >= 11 is 6.22. The lowest BCUT2D eigenvalue weighted by Crippen LogP contribution is -2.25. The van der Waals surface area contributed by atoms with Crippen molar-refractivity contribution in [3.63, 3.8) is 0 Å². The van der Waals surface area contributed by atoms with Crippen LogP contribution in [0, 0.1) is 5.82 Å². The molecule has 1 aliphatic heterocycles. The highest BCUT2D eigenvalue weighted by Gasteiger charge is 2.23. The van der Waals surface area contributed by atoms with Gasteiger partial charge in [0, 0.05) is 28.2 Å². The van der Waals surface area contributed by atoms with Crippen LogP contribution in [0.1, 0.15) is 22.3 Å². The van der Waals surface area contributed by atoms with Crippen molar-refractivity contribution in [3.05, 3.63) is 88.7 Å². The molecule has 1 aliphatic rings. The molecule has 0 spiro atoms.